The Hall–Kier alpha value is -2.48. The highest BCUT2D eigenvalue weighted by atomic mass is 79.9. The van der Waals surface area contributed by atoms with Gasteiger partial charge in [-0.25, -0.2) is 4.39 Å². The van der Waals surface area contributed by atoms with Crippen molar-refractivity contribution < 1.29 is 23.3 Å². The van der Waals surface area contributed by atoms with Gasteiger partial charge in [-0.05, 0) is 83.3 Å². The molecule has 0 aliphatic rings. The van der Waals surface area contributed by atoms with Gasteiger partial charge in [0.15, 0.2) is 23.0 Å². The highest BCUT2D eigenvalue weighted by Crippen LogP contribution is 2.38. The molecule has 3 rings (SSSR count). The van der Waals surface area contributed by atoms with E-state index in [9.17, 15) is 4.39 Å². The SMILES string of the molecule is CCOc1cc(CNCCc2ccc(OC)c(OC)c2)cc(Br)c1OCc1c(F)cccc1Cl. The molecule has 3 aromatic carbocycles. The van der Waals surface area contributed by atoms with E-state index in [0.717, 1.165) is 34.3 Å². The van der Waals surface area contributed by atoms with E-state index < -0.39 is 5.82 Å². The molecule has 0 aliphatic heterocycles. The van der Waals surface area contributed by atoms with E-state index in [1.165, 1.54) is 6.07 Å². The Morgan fingerprint density at radius 1 is 0.941 bits per heavy atom. The fourth-order valence-corrected chi connectivity index (χ4v) is 4.26. The number of halogens is 3. The zero-order valence-electron chi connectivity index (χ0n) is 19.4. The van der Waals surface area contributed by atoms with E-state index in [1.807, 2.05) is 37.3 Å². The Morgan fingerprint density at radius 2 is 1.71 bits per heavy atom. The first-order valence-corrected chi connectivity index (χ1v) is 12.1. The molecule has 0 saturated carbocycles. The molecule has 182 valence electrons. The van der Waals surface area contributed by atoms with E-state index in [-0.39, 0.29) is 6.61 Å². The maximum Gasteiger partial charge on any atom is 0.175 e. The molecule has 0 aliphatic carbocycles. The molecule has 34 heavy (non-hydrogen) atoms. The van der Waals surface area contributed by atoms with Crippen molar-refractivity contribution >= 4 is 27.5 Å². The third-order valence-electron chi connectivity index (χ3n) is 5.16. The van der Waals surface area contributed by atoms with Gasteiger partial charge in [-0.3, -0.25) is 0 Å². The lowest BCUT2D eigenvalue weighted by atomic mass is 10.1. The first-order chi connectivity index (χ1) is 16.5. The fraction of sp³-hybridized carbons (Fsp3) is 0.308. The Labute approximate surface area is 213 Å². The predicted molar refractivity (Wildman–Crippen MR) is 136 cm³/mol. The molecule has 0 bridgehead atoms. The third-order valence-corrected chi connectivity index (χ3v) is 6.10. The molecule has 0 fully saturated rings. The molecular weight excluding hydrogens is 525 g/mol. The number of hydrogen-bond acceptors (Lipinski definition) is 5. The summed E-state index contributed by atoms with van der Waals surface area (Å²) in [5.41, 5.74) is 2.48. The summed E-state index contributed by atoms with van der Waals surface area (Å²) < 4.78 is 37.2. The van der Waals surface area contributed by atoms with Crippen LogP contribution >= 0.6 is 27.5 Å². The Balaban J connectivity index is 1.63. The molecule has 0 unspecified atom stereocenters. The van der Waals surface area contributed by atoms with Crippen molar-refractivity contribution in [3.8, 4) is 23.0 Å². The second kappa shape index (κ2) is 12.8. The lowest BCUT2D eigenvalue weighted by Gasteiger charge is -2.16. The van der Waals surface area contributed by atoms with E-state index >= 15 is 0 Å². The van der Waals surface area contributed by atoms with Gasteiger partial charge in [0.05, 0.1) is 30.3 Å². The summed E-state index contributed by atoms with van der Waals surface area (Å²) in [4.78, 5) is 0. The molecule has 0 amide bonds. The molecule has 0 atom stereocenters. The zero-order valence-corrected chi connectivity index (χ0v) is 21.8. The molecular formula is C26H28BrClFNO4. The number of methoxy groups -OCH3 is 2. The monoisotopic (exact) mass is 551 g/mol. The van der Waals surface area contributed by atoms with E-state index in [0.29, 0.717) is 41.0 Å². The van der Waals surface area contributed by atoms with E-state index in [2.05, 4.69) is 21.2 Å². The van der Waals surface area contributed by atoms with Crippen LogP contribution in [0.25, 0.3) is 0 Å². The van der Waals surface area contributed by atoms with Crippen LogP contribution in [-0.2, 0) is 19.6 Å². The minimum atomic E-state index is -0.406. The van der Waals surface area contributed by atoms with E-state index in [4.69, 9.17) is 30.5 Å². The van der Waals surface area contributed by atoms with E-state index in [1.54, 1.807) is 26.4 Å². The molecule has 1 N–H and O–H groups in total. The van der Waals surface area contributed by atoms with Crippen LogP contribution in [0.15, 0.2) is 53.0 Å². The summed E-state index contributed by atoms with van der Waals surface area (Å²) in [7, 11) is 3.26. The summed E-state index contributed by atoms with van der Waals surface area (Å²) >= 11 is 9.69. The first-order valence-electron chi connectivity index (χ1n) is 10.9. The summed E-state index contributed by atoms with van der Waals surface area (Å²) in [6, 6.07) is 14.4. The van der Waals surface area contributed by atoms with Crippen molar-refractivity contribution in [2.75, 3.05) is 27.4 Å². The lowest BCUT2D eigenvalue weighted by molar-refractivity contribution is 0.264. The van der Waals surface area contributed by atoms with Gasteiger partial charge >= 0.3 is 0 Å². The summed E-state index contributed by atoms with van der Waals surface area (Å²) in [5.74, 6) is 2.12. The summed E-state index contributed by atoms with van der Waals surface area (Å²) in [6.45, 7) is 3.79. The van der Waals surface area contributed by atoms with Crippen LogP contribution in [0, 0.1) is 5.82 Å². The standard InChI is InChI=1S/C26H28BrClFNO4/c1-4-33-25-14-18(15-30-11-10-17-8-9-23(31-2)24(13-17)32-3)12-20(27)26(25)34-16-19-21(28)6-5-7-22(19)29/h5-9,12-14,30H,4,10-11,15-16H2,1-3H3. The average molecular weight is 553 g/mol. The van der Waals surface area contributed by atoms with Gasteiger partial charge in [-0.15, -0.1) is 0 Å². The minimum Gasteiger partial charge on any atom is -0.493 e. The van der Waals surface area contributed by atoms with Crippen molar-refractivity contribution in [3.05, 3.63) is 80.5 Å². The van der Waals surface area contributed by atoms with Crippen LogP contribution < -0.4 is 24.3 Å². The number of ether oxygens (including phenoxy) is 4. The van der Waals surface area contributed by atoms with Gasteiger partial charge in [0.2, 0.25) is 0 Å². The molecule has 0 saturated heterocycles. The van der Waals surface area contributed by atoms with Crippen molar-refractivity contribution in [1.29, 1.82) is 0 Å². The second-order valence-electron chi connectivity index (χ2n) is 7.44. The normalized spacial score (nSPS) is 10.8. The van der Waals surface area contributed by atoms with Gasteiger partial charge < -0.3 is 24.3 Å². The topological polar surface area (TPSA) is 49.0 Å². The number of hydrogen-bond donors (Lipinski definition) is 1. The average Bonchev–Trinajstić information content (AvgIpc) is 2.82. The zero-order chi connectivity index (χ0) is 24.5. The maximum atomic E-state index is 14.1. The molecule has 0 radical (unpaired) electrons. The van der Waals surface area contributed by atoms with Crippen molar-refractivity contribution in [1.82, 2.24) is 5.32 Å². The smallest absolute Gasteiger partial charge is 0.175 e. The highest BCUT2D eigenvalue weighted by Gasteiger charge is 2.15. The van der Waals surface area contributed by atoms with Gasteiger partial charge in [-0.2, -0.15) is 0 Å². The Morgan fingerprint density at radius 3 is 2.41 bits per heavy atom. The number of rotatable bonds is 12. The molecule has 0 heterocycles. The predicted octanol–water partition coefficient (Wildman–Crippen LogP) is 6.57. The minimum absolute atomic E-state index is 0.00684. The lowest BCUT2D eigenvalue weighted by Crippen LogP contribution is -2.17. The van der Waals surface area contributed by atoms with Crippen LogP contribution in [0.5, 0.6) is 23.0 Å². The van der Waals surface area contributed by atoms with Crippen LogP contribution in [0.3, 0.4) is 0 Å². The summed E-state index contributed by atoms with van der Waals surface area (Å²) in [6.07, 6.45) is 0.838. The Kier molecular flexibility index (Phi) is 9.86. The van der Waals surface area contributed by atoms with Crippen LogP contribution in [0.1, 0.15) is 23.6 Å². The first kappa shape index (κ1) is 26.1. The molecule has 0 aromatic heterocycles. The third kappa shape index (κ3) is 6.78. The van der Waals surface area contributed by atoms with Crippen LogP contribution in [0.4, 0.5) is 4.39 Å². The fourth-order valence-electron chi connectivity index (χ4n) is 3.44. The number of nitrogens with one attached hydrogen (secondary N) is 1. The largest absolute Gasteiger partial charge is 0.493 e. The molecule has 5 nitrogen and oxygen atoms in total. The molecule has 8 heteroatoms. The Bertz CT molecular complexity index is 1090. The second-order valence-corrected chi connectivity index (χ2v) is 8.70. The quantitative estimate of drug-likeness (QED) is 0.258. The van der Waals surface area contributed by atoms with Crippen molar-refractivity contribution in [2.45, 2.75) is 26.5 Å². The van der Waals surface area contributed by atoms with Crippen LogP contribution in [0.2, 0.25) is 5.02 Å². The molecule has 0 spiro atoms. The van der Waals surface area contributed by atoms with Crippen molar-refractivity contribution in [3.63, 3.8) is 0 Å². The van der Waals surface area contributed by atoms with Gasteiger partial charge in [0, 0.05) is 12.1 Å². The highest BCUT2D eigenvalue weighted by molar-refractivity contribution is 9.10. The van der Waals surface area contributed by atoms with Crippen molar-refractivity contribution in [2.24, 2.45) is 0 Å². The maximum absolute atomic E-state index is 14.1. The molecule has 3 aromatic rings. The van der Waals surface area contributed by atoms with Gasteiger partial charge in [-0.1, -0.05) is 23.7 Å². The van der Waals surface area contributed by atoms with Crippen LogP contribution in [-0.4, -0.2) is 27.4 Å². The van der Waals surface area contributed by atoms with Gasteiger partial charge in [0.25, 0.3) is 0 Å². The summed E-state index contributed by atoms with van der Waals surface area (Å²) in [5, 5.41) is 3.77. The number of benzene rings is 3. The van der Waals surface area contributed by atoms with Gasteiger partial charge in [0.1, 0.15) is 12.4 Å².